The highest BCUT2D eigenvalue weighted by Crippen LogP contribution is 2.22. The highest BCUT2D eigenvalue weighted by Gasteiger charge is 2.09. The molecule has 1 heterocycles. The molecule has 0 saturated carbocycles. The molecule has 0 aliphatic rings. The molecule has 0 unspecified atom stereocenters. The van der Waals surface area contributed by atoms with Crippen molar-refractivity contribution in [1.29, 1.82) is 0 Å². The molecular weight excluding hydrogens is 268 g/mol. The molecule has 0 aliphatic heterocycles. The van der Waals surface area contributed by atoms with E-state index in [0.29, 0.717) is 5.39 Å². The van der Waals surface area contributed by atoms with Gasteiger partial charge in [-0.2, -0.15) is 0 Å². The standard InChI is InChI=1S/C16H16N2OS/c1-3-8-20-16-17-14-10-12-7-5-4-6-11(12)9-13(14)15(19)18(16)2/h4-7,9-10H,3,8H2,1-2H3. The van der Waals surface area contributed by atoms with Gasteiger partial charge in [0.25, 0.3) is 5.56 Å². The summed E-state index contributed by atoms with van der Waals surface area (Å²) in [6, 6.07) is 12.0. The fourth-order valence-corrected chi connectivity index (χ4v) is 3.09. The van der Waals surface area contributed by atoms with Crippen molar-refractivity contribution in [2.45, 2.75) is 18.5 Å². The molecule has 3 rings (SSSR count). The lowest BCUT2D eigenvalue weighted by atomic mass is 10.1. The molecule has 0 amide bonds. The van der Waals surface area contributed by atoms with Gasteiger partial charge in [0.15, 0.2) is 5.16 Å². The van der Waals surface area contributed by atoms with Gasteiger partial charge in [0.05, 0.1) is 10.9 Å². The summed E-state index contributed by atoms with van der Waals surface area (Å²) < 4.78 is 1.65. The largest absolute Gasteiger partial charge is 0.290 e. The first-order chi connectivity index (χ1) is 9.70. The molecule has 2 aromatic carbocycles. The predicted molar refractivity (Wildman–Crippen MR) is 85.5 cm³/mol. The number of aromatic nitrogens is 2. The van der Waals surface area contributed by atoms with E-state index in [0.717, 1.165) is 33.6 Å². The van der Waals surface area contributed by atoms with Gasteiger partial charge in [-0.3, -0.25) is 9.36 Å². The zero-order valence-corrected chi connectivity index (χ0v) is 12.4. The van der Waals surface area contributed by atoms with E-state index >= 15 is 0 Å². The maximum absolute atomic E-state index is 12.5. The minimum Gasteiger partial charge on any atom is -0.290 e. The van der Waals surface area contributed by atoms with Crippen LogP contribution in [0.1, 0.15) is 13.3 Å². The molecule has 0 spiro atoms. The van der Waals surface area contributed by atoms with Gasteiger partial charge < -0.3 is 0 Å². The van der Waals surface area contributed by atoms with E-state index in [9.17, 15) is 4.79 Å². The molecule has 0 radical (unpaired) electrons. The van der Waals surface area contributed by atoms with E-state index in [-0.39, 0.29) is 5.56 Å². The molecule has 0 fully saturated rings. The maximum atomic E-state index is 12.5. The van der Waals surface area contributed by atoms with Crippen LogP contribution in [-0.2, 0) is 7.05 Å². The lowest BCUT2D eigenvalue weighted by molar-refractivity contribution is 0.726. The van der Waals surface area contributed by atoms with Gasteiger partial charge in [-0.25, -0.2) is 4.98 Å². The quantitative estimate of drug-likeness (QED) is 0.419. The Balaban J connectivity index is 2.29. The number of fused-ring (bicyclic) bond motifs is 2. The van der Waals surface area contributed by atoms with Crippen LogP contribution in [-0.4, -0.2) is 15.3 Å². The fraction of sp³-hybridized carbons (Fsp3) is 0.250. The summed E-state index contributed by atoms with van der Waals surface area (Å²) >= 11 is 1.63. The molecule has 3 nitrogen and oxygen atoms in total. The van der Waals surface area contributed by atoms with E-state index in [1.807, 2.05) is 36.4 Å². The van der Waals surface area contributed by atoms with Gasteiger partial charge >= 0.3 is 0 Å². The molecule has 20 heavy (non-hydrogen) atoms. The lowest BCUT2D eigenvalue weighted by Crippen LogP contribution is -2.20. The predicted octanol–water partition coefficient (Wildman–Crippen LogP) is 3.59. The van der Waals surface area contributed by atoms with Crippen molar-refractivity contribution in [2.75, 3.05) is 5.75 Å². The molecular formula is C16H16N2OS. The first-order valence-corrected chi connectivity index (χ1v) is 7.71. The Labute approximate surface area is 121 Å². The molecule has 0 aliphatic carbocycles. The first-order valence-electron chi connectivity index (χ1n) is 6.73. The summed E-state index contributed by atoms with van der Waals surface area (Å²) in [7, 11) is 1.79. The fourth-order valence-electron chi connectivity index (χ4n) is 2.26. The zero-order chi connectivity index (χ0) is 14.1. The minimum atomic E-state index is 0.0272. The normalized spacial score (nSPS) is 11.3. The average Bonchev–Trinajstić information content (AvgIpc) is 2.48. The summed E-state index contributed by atoms with van der Waals surface area (Å²) in [4.78, 5) is 17.1. The molecule has 102 valence electrons. The third-order valence-electron chi connectivity index (χ3n) is 3.34. The van der Waals surface area contributed by atoms with Crippen molar-refractivity contribution in [1.82, 2.24) is 9.55 Å². The van der Waals surface area contributed by atoms with E-state index in [2.05, 4.69) is 11.9 Å². The lowest BCUT2D eigenvalue weighted by Gasteiger charge is -2.09. The first kappa shape index (κ1) is 13.2. The smallest absolute Gasteiger partial charge is 0.261 e. The summed E-state index contributed by atoms with van der Waals surface area (Å²) in [6.07, 6.45) is 1.07. The Hall–Kier alpha value is -1.81. The van der Waals surface area contributed by atoms with E-state index in [1.54, 1.807) is 23.4 Å². The summed E-state index contributed by atoms with van der Waals surface area (Å²) in [5.41, 5.74) is 0.810. The summed E-state index contributed by atoms with van der Waals surface area (Å²) in [5, 5.41) is 3.67. The second kappa shape index (κ2) is 5.29. The highest BCUT2D eigenvalue weighted by molar-refractivity contribution is 7.99. The van der Waals surface area contributed by atoms with Crippen LogP contribution in [0.15, 0.2) is 46.3 Å². The van der Waals surface area contributed by atoms with Crippen LogP contribution in [0, 0.1) is 0 Å². The van der Waals surface area contributed by atoms with E-state index < -0.39 is 0 Å². The number of hydrogen-bond donors (Lipinski definition) is 0. The van der Waals surface area contributed by atoms with Crippen molar-refractivity contribution < 1.29 is 0 Å². The Morgan fingerprint density at radius 3 is 2.60 bits per heavy atom. The second-order valence-electron chi connectivity index (χ2n) is 4.82. The van der Waals surface area contributed by atoms with Crippen LogP contribution >= 0.6 is 11.8 Å². The second-order valence-corrected chi connectivity index (χ2v) is 5.89. The molecule has 1 aromatic heterocycles. The molecule has 0 saturated heterocycles. The molecule has 0 bridgehead atoms. The maximum Gasteiger partial charge on any atom is 0.261 e. The van der Waals surface area contributed by atoms with Crippen LogP contribution in [0.2, 0.25) is 0 Å². The van der Waals surface area contributed by atoms with Crippen molar-refractivity contribution in [3.63, 3.8) is 0 Å². The van der Waals surface area contributed by atoms with Crippen molar-refractivity contribution in [3.05, 3.63) is 46.8 Å². The molecule has 0 atom stereocenters. The van der Waals surface area contributed by atoms with Crippen LogP contribution in [0.25, 0.3) is 21.7 Å². The summed E-state index contributed by atoms with van der Waals surface area (Å²) in [5.74, 6) is 0.972. The van der Waals surface area contributed by atoms with Gasteiger partial charge in [0.1, 0.15) is 0 Å². The molecule has 4 heteroatoms. The SMILES string of the molecule is CCCSc1nc2cc3ccccc3cc2c(=O)n1C. The Morgan fingerprint density at radius 2 is 1.90 bits per heavy atom. The van der Waals surface area contributed by atoms with E-state index in [1.165, 1.54) is 0 Å². The van der Waals surface area contributed by atoms with Crippen molar-refractivity contribution in [2.24, 2.45) is 7.05 Å². The Morgan fingerprint density at radius 1 is 1.20 bits per heavy atom. The monoisotopic (exact) mass is 284 g/mol. The third kappa shape index (κ3) is 2.20. The Kier molecular flexibility index (Phi) is 3.49. The Bertz CT molecular complexity index is 839. The topological polar surface area (TPSA) is 34.9 Å². The number of benzene rings is 2. The van der Waals surface area contributed by atoms with Gasteiger partial charge in [0.2, 0.25) is 0 Å². The highest BCUT2D eigenvalue weighted by atomic mass is 32.2. The minimum absolute atomic E-state index is 0.0272. The third-order valence-corrected chi connectivity index (χ3v) is 4.57. The van der Waals surface area contributed by atoms with Gasteiger partial charge in [-0.05, 0) is 29.3 Å². The number of nitrogens with zero attached hydrogens (tertiary/aromatic N) is 2. The van der Waals surface area contributed by atoms with Crippen molar-refractivity contribution in [3.8, 4) is 0 Å². The molecule has 0 N–H and O–H groups in total. The van der Waals surface area contributed by atoms with Crippen molar-refractivity contribution >= 4 is 33.4 Å². The summed E-state index contributed by atoms with van der Waals surface area (Å²) in [6.45, 7) is 2.12. The van der Waals surface area contributed by atoms with Crippen LogP contribution in [0.5, 0.6) is 0 Å². The van der Waals surface area contributed by atoms with Gasteiger partial charge in [-0.1, -0.05) is 43.0 Å². The van der Waals surface area contributed by atoms with Gasteiger partial charge in [-0.15, -0.1) is 0 Å². The average molecular weight is 284 g/mol. The van der Waals surface area contributed by atoms with Gasteiger partial charge in [0, 0.05) is 12.8 Å². The number of hydrogen-bond acceptors (Lipinski definition) is 3. The van der Waals surface area contributed by atoms with Crippen LogP contribution < -0.4 is 5.56 Å². The molecule has 3 aromatic rings. The number of rotatable bonds is 3. The van der Waals surface area contributed by atoms with Crippen LogP contribution in [0.3, 0.4) is 0 Å². The zero-order valence-electron chi connectivity index (χ0n) is 11.6. The number of thioether (sulfide) groups is 1. The van der Waals surface area contributed by atoms with E-state index in [4.69, 9.17) is 0 Å². The van der Waals surface area contributed by atoms with Crippen LogP contribution in [0.4, 0.5) is 0 Å².